The summed E-state index contributed by atoms with van der Waals surface area (Å²) in [5.41, 5.74) is 8.07. The predicted molar refractivity (Wildman–Crippen MR) is 67.9 cm³/mol. The highest BCUT2D eigenvalue weighted by molar-refractivity contribution is 5.94. The number of carbonyl (C=O) groups is 1. The number of methoxy groups -OCH3 is 1. The number of allylic oxidation sites excluding steroid dienone is 2. The lowest BCUT2D eigenvalue weighted by Gasteiger charge is -2.11. The summed E-state index contributed by atoms with van der Waals surface area (Å²) in [6, 6.07) is 5.33. The molecule has 0 aliphatic heterocycles. The first kappa shape index (κ1) is 11.7. The van der Waals surface area contributed by atoms with Crippen molar-refractivity contribution in [3.05, 3.63) is 35.4 Å². The summed E-state index contributed by atoms with van der Waals surface area (Å²) < 4.78 is 5.33. The van der Waals surface area contributed by atoms with Crippen LogP contribution in [0.25, 0.3) is 5.57 Å². The van der Waals surface area contributed by atoms with Gasteiger partial charge in [-0.2, -0.15) is 0 Å². The molecule has 0 fully saturated rings. The van der Waals surface area contributed by atoms with Gasteiger partial charge in [0.25, 0.3) is 0 Å². The molecule has 1 aliphatic carbocycles. The third-order valence-corrected chi connectivity index (χ3v) is 3.16. The summed E-state index contributed by atoms with van der Waals surface area (Å²) in [6.07, 6.45) is 4.32. The molecule has 90 valence electrons. The summed E-state index contributed by atoms with van der Waals surface area (Å²) in [4.78, 5) is 11.2. The Morgan fingerprint density at radius 2 is 2.24 bits per heavy atom. The standard InChI is InChI=1S/C14H17NO2/c1-9-3-4-10(7-9)12-8-11(14(15)16)5-6-13(12)17-2/h4-6,8-9H,3,7H2,1-2H3,(H2,15,16). The van der Waals surface area contributed by atoms with Crippen LogP contribution in [-0.4, -0.2) is 13.0 Å². The molecule has 0 aromatic heterocycles. The lowest BCUT2D eigenvalue weighted by Crippen LogP contribution is -2.11. The van der Waals surface area contributed by atoms with Gasteiger partial charge in [0, 0.05) is 11.1 Å². The fraction of sp³-hybridized carbons (Fsp3) is 0.357. The molecule has 0 spiro atoms. The molecule has 1 aromatic carbocycles. The zero-order chi connectivity index (χ0) is 12.4. The van der Waals surface area contributed by atoms with Crippen molar-refractivity contribution in [1.29, 1.82) is 0 Å². The van der Waals surface area contributed by atoms with Crippen molar-refractivity contribution in [1.82, 2.24) is 0 Å². The van der Waals surface area contributed by atoms with Crippen LogP contribution < -0.4 is 10.5 Å². The number of nitrogens with two attached hydrogens (primary N) is 1. The number of carbonyl (C=O) groups excluding carboxylic acids is 1. The van der Waals surface area contributed by atoms with Gasteiger partial charge < -0.3 is 10.5 Å². The fourth-order valence-electron chi connectivity index (χ4n) is 2.22. The Bertz CT molecular complexity index is 477. The molecule has 3 nitrogen and oxygen atoms in total. The highest BCUT2D eigenvalue weighted by Gasteiger charge is 2.18. The van der Waals surface area contributed by atoms with Gasteiger partial charge in [-0.25, -0.2) is 0 Å². The van der Waals surface area contributed by atoms with Gasteiger partial charge in [0.15, 0.2) is 0 Å². The Morgan fingerprint density at radius 1 is 1.47 bits per heavy atom. The fourth-order valence-corrected chi connectivity index (χ4v) is 2.22. The van der Waals surface area contributed by atoms with Crippen LogP contribution in [0.5, 0.6) is 5.75 Å². The van der Waals surface area contributed by atoms with Gasteiger partial charge in [-0.1, -0.05) is 13.0 Å². The molecule has 0 heterocycles. The maximum Gasteiger partial charge on any atom is 0.248 e. The number of hydrogen-bond donors (Lipinski definition) is 1. The number of primary amides is 1. The molecule has 3 heteroatoms. The van der Waals surface area contributed by atoms with E-state index in [4.69, 9.17) is 10.5 Å². The molecule has 2 N–H and O–H groups in total. The molecular formula is C14H17NO2. The first-order valence-electron chi connectivity index (χ1n) is 5.79. The largest absolute Gasteiger partial charge is 0.496 e. The van der Waals surface area contributed by atoms with Gasteiger partial charge in [0.1, 0.15) is 5.75 Å². The number of ether oxygens (including phenoxy) is 1. The van der Waals surface area contributed by atoms with Gasteiger partial charge >= 0.3 is 0 Å². The lowest BCUT2D eigenvalue weighted by molar-refractivity contribution is 0.1000. The van der Waals surface area contributed by atoms with E-state index in [-0.39, 0.29) is 0 Å². The van der Waals surface area contributed by atoms with E-state index in [1.165, 1.54) is 5.57 Å². The zero-order valence-electron chi connectivity index (χ0n) is 10.2. The monoisotopic (exact) mass is 231 g/mol. The molecule has 0 bridgehead atoms. The minimum atomic E-state index is -0.402. The third-order valence-electron chi connectivity index (χ3n) is 3.16. The summed E-state index contributed by atoms with van der Waals surface area (Å²) in [7, 11) is 1.64. The molecule has 1 unspecified atom stereocenters. The topological polar surface area (TPSA) is 52.3 Å². The van der Waals surface area contributed by atoms with Crippen LogP contribution in [0.3, 0.4) is 0 Å². The maximum atomic E-state index is 11.2. The smallest absolute Gasteiger partial charge is 0.248 e. The van der Waals surface area contributed by atoms with Crippen LogP contribution in [0.4, 0.5) is 0 Å². The second kappa shape index (κ2) is 4.62. The average Bonchev–Trinajstić information content (AvgIpc) is 2.74. The zero-order valence-corrected chi connectivity index (χ0v) is 10.2. The quantitative estimate of drug-likeness (QED) is 0.869. The summed E-state index contributed by atoms with van der Waals surface area (Å²) >= 11 is 0. The van der Waals surface area contributed by atoms with Crippen LogP contribution in [0.1, 0.15) is 35.7 Å². The summed E-state index contributed by atoms with van der Waals surface area (Å²) in [6.45, 7) is 2.22. The molecule has 1 aliphatic rings. The Morgan fingerprint density at radius 3 is 2.76 bits per heavy atom. The van der Waals surface area contributed by atoms with Crippen molar-refractivity contribution in [2.75, 3.05) is 7.11 Å². The molecule has 1 aromatic rings. The predicted octanol–water partition coefficient (Wildman–Crippen LogP) is 2.61. The van der Waals surface area contributed by atoms with Crippen molar-refractivity contribution in [3.63, 3.8) is 0 Å². The van der Waals surface area contributed by atoms with Crippen molar-refractivity contribution in [2.24, 2.45) is 11.7 Å². The second-order valence-electron chi connectivity index (χ2n) is 4.55. The first-order chi connectivity index (χ1) is 8.11. The van der Waals surface area contributed by atoms with Crippen molar-refractivity contribution >= 4 is 11.5 Å². The van der Waals surface area contributed by atoms with Gasteiger partial charge in [-0.05, 0) is 42.5 Å². The SMILES string of the molecule is COc1ccc(C(N)=O)cc1C1=CCC(C)C1. The van der Waals surface area contributed by atoms with Crippen LogP contribution in [0.15, 0.2) is 24.3 Å². The number of rotatable bonds is 3. The Balaban J connectivity index is 2.43. The lowest BCUT2D eigenvalue weighted by atomic mass is 9.99. The molecule has 0 radical (unpaired) electrons. The molecule has 0 saturated carbocycles. The van der Waals surface area contributed by atoms with E-state index >= 15 is 0 Å². The first-order valence-corrected chi connectivity index (χ1v) is 5.79. The van der Waals surface area contributed by atoms with Crippen molar-refractivity contribution in [3.8, 4) is 5.75 Å². The normalized spacial score (nSPS) is 18.9. The molecular weight excluding hydrogens is 214 g/mol. The Kier molecular flexibility index (Phi) is 3.18. The van der Waals surface area contributed by atoms with E-state index in [9.17, 15) is 4.79 Å². The molecule has 1 atom stereocenters. The van der Waals surface area contributed by atoms with Crippen LogP contribution in [-0.2, 0) is 0 Å². The van der Waals surface area contributed by atoms with E-state index in [1.807, 2.05) is 6.07 Å². The van der Waals surface area contributed by atoms with Crippen LogP contribution in [0.2, 0.25) is 0 Å². The number of hydrogen-bond acceptors (Lipinski definition) is 2. The van der Waals surface area contributed by atoms with Crippen molar-refractivity contribution in [2.45, 2.75) is 19.8 Å². The Labute approximate surface area is 101 Å². The van der Waals surface area contributed by atoms with E-state index in [2.05, 4.69) is 13.0 Å². The summed E-state index contributed by atoms with van der Waals surface area (Å²) in [5, 5.41) is 0. The molecule has 1 amide bonds. The average molecular weight is 231 g/mol. The molecule has 17 heavy (non-hydrogen) atoms. The van der Waals surface area contributed by atoms with Gasteiger partial charge in [0.2, 0.25) is 5.91 Å². The molecule has 0 saturated heterocycles. The van der Waals surface area contributed by atoms with Crippen molar-refractivity contribution < 1.29 is 9.53 Å². The van der Waals surface area contributed by atoms with Crippen LogP contribution in [0, 0.1) is 5.92 Å². The van der Waals surface area contributed by atoms with Gasteiger partial charge in [-0.15, -0.1) is 0 Å². The van der Waals surface area contributed by atoms with E-state index in [0.29, 0.717) is 11.5 Å². The minimum Gasteiger partial charge on any atom is -0.496 e. The maximum absolute atomic E-state index is 11.2. The van der Waals surface area contributed by atoms with E-state index < -0.39 is 5.91 Å². The number of amides is 1. The third kappa shape index (κ3) is 2.33. The van der Waals surface area contributed by atoms with Gasteiger partial charge in [-0.3, -0.25) is 4.79 Å². The van der Waals surface area contributed by atoms with E-state index in [0.717, 1.165) is 24.2 Å². The minimum absolute atomic E-state index is 0.402. The second-order valence-corrected chi connectivity index (χ2v) is 4.55. The Hall–Kier alpha value is -1.77. The highest BCUT2D eigenvalue weighted by Crippen LogP contribution is 2.36. The molecule has 2 rings (SSSR count). The summed E-state index contributed by atoms with van der Waals surface area (Å²) in [5.74, 6) is 1.06. The van der Waals surface area contributed by atoms with Crippen LogP contribution >= 0.6 is 0 Å². The van der Waals surface area contributed by atoms with Gasteiger partial charge in [0.05, 0.1) is 7.11 Å². The highest BCUT2D eigenvalue weighted by atomic mass is 16.5. The van der Waals surface area contributed by atoms with E-state index in [1.54, 1.807) is 19.2 Å². The number of benzene rings is 1.